The van der Waals surface area contributed by atoms with Gasteiger partial charge in [-0.05, 0) is 0 Å². The third-order valence-corrected chi connectivity index (χ3v) is 2.64. The molecule has 2 atom stereocenters. The highest BCUT2D eigenvalue weighted by atomic mass is 32.1. The van der Waals surface area contributed by atoms with Crippen molar-refractivity contribution in [2.45, 2.75) is 12.1 Å². The Bertz CT molecular complexity index is 247. The summed E-state index contributed by atoms with van der Waals surface area (Å²) in [5.41, 5.74) is 8.62. The van der Waals surface area contributed by atoms with E-state index >= 15 is 0 Å². The highest BCUT2D eigenvalue weighted by Gasteiger charge is 2.24. The second-order valence-electron chi connectivity index (χ2n) is 2.92. The van der Waals surface area contributed by atoms with Gasteiger partial charge in [-0.25, -0.2) is 4.98 Å². The maximum absolute atomic E-state index is 5.95. The lowest BCUT2D eigenvalue weighted by Gasteiger charge is -2.26. The van der Waals surface area contributed by atoms with Crippen LogP contribution >= 0.6 is 11.3 Å². The standard InChI is InChI=1S/C8H12N2O2S/c9-8(6-4-13-5-10-6)7-3-11-1-2-12-7/h4-5,7-8H,1-3,9H2. The first kappa shape index (κ1) is 9.08. The van der Waals surface area contributed by atoms with Crippen molar-refractivity contribution in [1.29, 1.82) is 0 Å². The van der Waals surface area contributed by atoms with Crippen LogP contribution in [0.15, 0.2) is 10.9 Å². The van der Waals surface area contributed by atoms with Crippen LogP contribution in [0.5, 0.6) is 0 Å². The molecule has 0 amide bonds. The fraction of sp³-hybridized carbons (Fsp3) is 0.625. The molecule has 2 N–H and O–H groups in total. The van der Waals surface area contributed by atoms with E-state index in [-0.39, 0.29) is 12.1 Å². The SMILES string of the molecule is NC(c1cscn1)C1COCCO1. The molecule has 2 rings (SSSR count). The van der Waals surface area contributed by atoms with E-state index < -0.39 is 0 Å². The highest BCUT2D eigenvalue weighted by Crippen LogP contribution is 2.18. The molecule has 1 aromatic rings. The molecular weight excluding hydrogens is 188 g/mol. The van der Waals surface area contributed by atoms with Crippen LogP contribution in [-0.4, -0.2) is 30.9 Å². The van der Waals surface area contributed by atoms with Gasteiger partial charge in [0.25, 0.3) is 0 Å². The second kappa shape index (κ2) is 4.15. The van der Waals surface area contributed by atoms with Crippen molar-refractivity contribution in [1.82, 2.24) is 4.98 Å². The minimum absolute atomic E-state index is 0.0455. The Kier molecular flexibility index (Phi) is 2.90. The van der Waals surface area contributed by atoms with E-state index in [4.69, 9.17) is 15.2 Å². The van der Waals surface area contributed by atoms with Gasteiger partial charge in [0, 0.05) is 5.38 Å². The average Bonchev–Trinajstić information content (AvgIpc) is 2.71. The number of nitrogens with two attached hydrogens (primary N) is 1. The van der Waals surface area contributed by atoms with Gasteiger partial charge in [-0.2, -0.15) is 0 Å². The summed E-state index contributed by atoms with van der Waals surface area (Å²) < 4.78 is 10.8. The molecule has 4 nitrogen and oxygen atoms in total. The largest absolute Gasteiger partial charge is 0.376 e. The van der Waals surface area contributed by atoms with Gasteiger partial charge in [0.15, 0.2) is 0 Å². The van der Waals surface area contributed by atoms with E-state index in [0.29, 0.717) is 19.8 Å². The molecule has 0 aromatic carbocycles. The van der Waals surface area contributed by atoms with Crippen molar-refractivity contribution in [3.63, 3.8) is 0 Å². The number of thiazole rings is 1. The zero-order chi connectivity index (χ0) is 9.10. The first-order chi connectivity index (χ1) is 6.38. The van der Waals surface area contributed by atoms with Crippen LogP contribution in [0.2, 0.25) is 0 Å². The minimum Gasteiger partial charge on any atom is -0.376 e. The van der Waals surface area contributed by atoms with Crippen molar-refractivity contribution < 1.29 is 9.47 Å². The van der Waals surface area contributed by atoms with Crippen LogP contribution in [0, 0.1) is 0 Å². The second-order valence-corrected chi connectivity index (χ2v) is 3.64. The molecule has 72 valence electrons. The Labute approximate surface area is 80.7 Å². The predicted octanol–water partition coefficient (Wildman–Crippen LogP) is 0.558. The van der Waals surface area contributed by atoms with E-state index in [1.54, 1.807) is 16.8 Å². The van der Waals surface area contributed by atoms with E-state index in [1.807, 2.05) is 5.38 Å². The van der Waals surface area contributed by atoms with E-state index in [2.05, 4.69) is 4.98 Å². The molecule has 2 heterocycles. The van der Waals surface area contributed by atoms with Gasteiger partial charge in [-0.1, -0.05) is 0 Å². The minimum atomic E-state index is -0.161. The van der Waals surface area contributed by atoms with Crippen molar-refractivity contribution in [3.05, 3.63) is 16.6 Å². The zero-order valence-electron chi connectivity index (χ0n) is 7.18. The maximum Gasteiger partial charge on any atom is 0.102 e. The van der Waals surface area contributed by atoms with Gasteiger partial charge in [0.1, 0.15) is 6.10 Å². The van der Waals surface area contributed by atoms with Crippen molar-refractivity contribution in [2.24, 2.45) is 5.73 Å². The lowest BCUT2D eigenvalue weighted by molar-refractivity contribution is -0.0979. The first-order valence-electron chi connectivity index (χ1n) is 4.21. The molecular formula is C8H12N2O2S. The molecule has 0 aliphatic carbocycles. The van der Waals surface area contributed by atoms with Crippen LogP contribution in [0.4, 0.5) is 0 Å². The third-order valence-electron chi connectivity index (χ3n) is 2.04. The summed E-state index contributed by atoms with van der Waals surface area (Å²) in [5, 5.41) is 1.95. The Morgan fingerprint density at radius 1 is 1.62 bits per heavy atom. The summed E-state index contributed by atoms with van der Waals surface area (Å²) in [4.78, 5) is 4.15. The van der Waals surface area contributed by atoms with Crippen LogP contribution in [0.1, 0.15) is 11.7 Å². The Balaban J connectivity index is 1.99. The lowest BCUT2D eigenvalue weighted by Crippen LogP contribution is -2.37. The number of hydrogen-bond donors (Lipinski definition) is 1. The van der Waals surface area contributed by atoms with Crippen molar-refractivity contribution in [3.8, 4) is 0 Å². The average molecular weight is 200 g/mol. The third kappa shape index (κ3) is 2.05. The molecule has 0 saturated carbocycles. The van der Waals surface area contributed by atoms with Crippen LogP contribution in [-0.2, 0) is 9.47 Å². The van der Waals surface area contributed by atoms with Gasteiger partial charge in [0.2, 0.25) is 0 Å². The highest BCUT2D eigenvalue weighted by molar-refractivity contribution is 7.07. The van der Waals surface area contributed by atoms with E-state index in [0.717, 1.165) is 5.69 Å². The smallest absolute Gasteiger partial charge is 0.102 e. The number of nitrogens with zero attached hydrogens (tertiary/aromatic N) is 1. The van der Waals surface area contributed by atoms with Crippen LogP contribution < -0.4 is 5.73 Å². The molecule has 1 fully saturated rings. The number of ether oxygens (including phenoxy) is 2. The molecule has 1 aromatic heterocycles. The number of hydrogen-bond acceptors (Lipinski definition) is 5. The summed E-state index contributed by atoms with van der Waals surface area (Å²) >= 11 is 1.54. The molecule has 1 aliphatic rings. The first-order valence-corrected chi connectivity index (χ1v) is 5.15. The normalized spacial score (nSPS) is 25.8. The van der Waals surface area contributed by atoms with Crippen molar-refractivity contribution in [2.75, 3.05) is 19.8 Å². The number of aromatic nitrogens is 1. The monoisotopic (exact) mass is 200 g/mol. The summed E-state index contributed by atoms with van der Waals surface area (Å²) in [5.74, 6) is 0. The van der Waals surface area contributed by atoms with E-state index in [9.17, 15) is 0 Å². The van der Waals surface area contributed by atoms with Crippen molar-refractivity contribution >= 4 is 11.3 Å². The summed E-state index contributed by atoms with van der Waals surface area (Å²) in [6.45, 7) is 1.86. The Hall–Kier alpha value is -0.490. The van der Waals surface area contributed by atoms with Crippen LogP contribution in [0.25, 0.3) is 0 Å². The van der Waals surface area contributed by atoms with Gasteiger partial charge in [-0.3, -0.25) is 0 Å². The number of rotatable bonds is 2. The van der Waals surface area contributed by atoms with Gasteiger partial charge >= 0.3 is 0 Å². The van der Waals surface area contributed by atoms with Crippen LogP contribution in [0.3, 0.4) is 0 Å². The molecule has 2 unspecified atom stereocenters. The molecule has 13 heavy (non-hydrogen) atoms. The Morgan fingerprint density at radius 2 is 2.54 bits per heavy atom. The molecule has 5 heteroatoms. The summed E-state index contributed by atoms with van der Waals surface area (Å²) in [7, 11) is 0. The molecule has 0 spiro atoms. The van der Waals surface area contributed by atoms with Gasteiger partial charge in [-0.15, -0.1) is 11.3 Å². The predicted molar refractivity (Wildman–Crippen MR) is 49.6 cm³/mol. The Morgan fingerprint density at radius 3 is 3.15 bits per heavy atom. The van der Waals surface area contributed by atoms with Gasteiger partial charge < -0.3 is 15.2 Å². The quantitative estimate of drug-likeness (QED) is 0.757. The fourth-order valence-electron chi connectivity index (χ4n) is 1.29. The molecule has 1 saturated heterocycles. The summed E-state index contributed by atoms with van der Waals surface area (Å²) in [6, 6.07) is -0.161. The molecule has 0 bridgehead atoms. The fourth-order valence-corrected chi connectivity index (χ4v) is 1.89. The molecule has 0 radical (unpaired) electrons. The lowest BCUT2D eigenvalue weighted by atomic mass is 10.1. The summed E-state index contributed by atoms with van der Waals surface area (Å²) in [6.07, 6.45) is -0.0455. The van der Waals surface area contributed by atoms with E-state index in [1.165, 1.54) is 0 Å². The molecule has 1 aliphatic heterocycles. The van der Waals surface area contributed by atoms with Gasteiger partial charge in [0.05, 0.1) is 37.1 Å². The zero-order valence-corrected chi connectivity index (χ0v) is 8.00. The maximum atomic E-state index is 5.95. The topological polar surface area (TPSA) is 57.4 Å².